The molecule has 2 rings (SSSR count). The number of hydrogen-bond acceptors (Lipinski definition) is 2. The van der Waals surface area contributed by atoms with Gasteiger partial charge in [0.25, 0.3) is 0 Å². The van der Waals surface area contributed by atoms with Crippen LogP contribution in [0.2, 0.25) is 0 Å². The van der Waals surface area contributed by atoms with Crippen molar-refractivity contribution >= 4 is 0 Å². The number of aryl methyl sites for hydroxylation is 2. The van der Waals surface area contributed by atoms with E-state index in [1.54, 1.807) is 0 Å². The largest absolute Gasteiger partial charge is 0.384 e. The van der Waals surface area contributed by atoms with Crippen LogP contribution in [0.5, 0.6) is 0 Å². The minimum absolute atomic E-state index is 0.261. The highest BCUT2D eigenvalue weighted by Crippen LogP contribution is 2.28. The zero-order chi connectivity index (χ0) is 12.4. The number of halogens is 1. The van der Waals surface area contributed by atoms with Gasteiger partial charge in [-0.2, -0.15) is 0 Å². The molecule has 0 aliphatic rings. The highest BCUT2D eigenvalue weighted by Gasteiger charge is 2.18. The summed E-state index contributed by atoms with van der Waals surface area (Å²) < 4.78 is 13.6. The number of pyridine rings is 1. The molecule has 0 saturated heterocycles. The first kappa shape index (κ1) is 11.7. The summed E-state index contributed by atoms with van der Waals surface area (Å²) >= 11 is 0. The van der Waals surface area contributed by atoms with Gasteiger partial charge in [0, 0.05) is 11.8 Å². The fourth-order valence-corrected chi connectivity index (χ4v) is 2.02. The Kier molecular flexibility index (Phi) is 3.20. The molecule has 0 saturated carbocycles. The van der Waals surface area contributed by atoms with Gasteiger partial charge in [0.1, 0.15) is 11.9 Å². The van der Waals surface area contributed by atoms with Crippen molar-refractivity contribution in [1.82, 2.24) is 4.98 Å². The third-order valence-electron chi connectivity index (χ3n) is 2.91. The van der Waals surface area contributed by atoms with Crippen LogP contribution in [0.25, 0.3) is 0 Å². The van der Waals surface area contributed by atoms with Crippen LogP contribution in [0.1, 0.15) is 28.4 Å². The van der Waals surface area contributed by atoms with E-state index >= 15 is 0 Å². The first-order valence-electron chi connectivity index (χ1n) is 5.45. The molecule has 1 unspecified atom stereocenters. The number of hydrogen-bond donors (Lipinski definition) is 1. The molecule has 1 N–H and O–H groups in total. The molecule has 1 aromatic carbocycles. The summed E-state index contributed by atoms with van der Waals surface area (Å²) in [6.07, 6.45) is 1.65. The molecule has 0 fully saturated rings. The smallest absolute Gasteiger partial charge is 0.147 e. The van der Waals surface area contributed by atoms with Crippen LogP contribution >= 0.6 is 0 Å². The predicted octanol–water partition coefficient (Wildman–Crippen LogP) is 2.92. The number of aliphatic hydroxyl groups is 1. The molecule has 88 valence electrons. The van der Waals surface area contributed by atoms with Crippen molar-refractivity contribution in [2.75, 3.05) is 0 Å². The molecule has 1 heterocycles. The van der Waals surface area contributed by atoms with Gasteiger partial charge in [-0.15, -0.1) is 0 Å². The van der Waals surface area contributed by atoms with Gasteiger partial charge < -0.3 is 5.11 Å². The lowest BCUT2D eigenvalue weighted by atomic mass is 9.94. The topological polar surface area (TPSA) is 33.1 Å². The lowest BCUT2D eigenvalue weighted by molar-refractivity contribution is 0.213. The molecule has 0 spiro atoms. The maximum atomic E-state index is 13.6. The molecule has 17 heavy (non-hydrogen) atoms. The van der Waals surface area contributed by atoms with Gasteiger partial charge in [0.05, 0.1) is 6.20 Å². The molecular weight excluding hydrogens is 217 g/mol. The summed E-state index contributed by atoms with van der Waals surface area (Å²) in [6.45, 7) is 3.81. The number of nitrogens with zero attached hydrogens (tertiary/aromatic N) is 1. The Morgan fingerprint density at radius 1 is 1.18 bits per heavy atom. The van der Waals surface area contributed by atoms with E-state index in [0.29, 0.717) is 0 Å². The van der Waals surface area contributed by atoms with Gasteiger partial charge >= 0.3 is 0 Å². The third kappa shape index (κ3) is 2.19. The normalized spacial score (nSPS) is 12.5. The second-order valence-corrected chi connectivity index (χ2v) is 4.11. The summed E-state index contributed by atoms with van der Waals surface area (Å²) in [5.41, 5.74) is 2.93. The van der Waals surface area contributed by atoms with Crippen LogP contribution in [-0.2, 0) is 0 Å². The third-order valence-corrected chi connectivity index (χ3v) is 2.91. The standard InChI is InChI=1S/C14H14FNO/c1-9-4-3-5-10(2)13(9)14(17)11-6-7-16-8-12(11)15/h3-8,14,17H,1-2H3. The molecule has 1 atom stereocenters. The van der Waals surface area contributed by atoms with Gasteiger partial charge in [-0.25, -0.2) is 4.39 Å². The van der Waals surface area contributed by atoms with Crippen molar-refractivity contribution in [3.63, 3.8) is 0 Å². The Morgan fingerprint density at radius 2 is 1.82 bits per heavy atom. The number of benzene rings is 1. The van der Waals surface area contributed by atoms with E-state index in [-0.39, 0.29) is 5.56 Å². The Bertz CT molecular complexity index is 519. The average molecular weight is 231 g/mol. The molecular formula is C14H14FNO. The Labute approximate surface area is 99.8 Å². The molecule has 0 aliphatic carbocycles. The highest BCUT2D eigenvalue weighted by molar-refractivity contribution is 5.40. The van der Waals surface area contributed by atoms with Crippen LogP contribution < -0.4 is 0 Å². The van der Waals surface area contributed by atoms with E-state index in [1.807, 2.05) is 32.0 Å². The number of rotatable bonds is 2. The highest BCUT2D eigenvalue weighted by atomic mass is 19.1. The van der Waals surface area contributed by atoms with Crippen molar-refractivity contribution in [2.45, 2.75) is 20.0 Å². The lowest BCUT2D eigenvalue weighted by Gasteiger charge is -2.17. The van der Waals surface area contributed by atoms with Crippen LogP contribution in [0.3, 0.4) is 0 Å². The maximum Gasteiger partial charge on any atom is 0.147 e. The minimum Gasteiger partial charge on any atom is -0.384 e. The van der Waals surface area contributed by atoms with Gasteiger partial charge in [-0.05, 0) is 36.6 Å². The minimum atomic E-state index is -0.945. The fraction of sp³-hybridized carbons (Fsp3) is 0.214. The fourth-order valence-electron chi connectivity index (χ4n) is 2.02. The summed E-state index contributed by atoms with van der Waals surface area (Å²) in [4.78, 5) is 3.68. The Hall–Kier alpha value is -1.74. The second-order valence-electron chi connectivity index (χ2n) is 4.11. The van der Waals surface area contributed by atoms with E-state index in [4.69, 9.17) is 0 Å². The van der Waals surface area contributed by atoms with Crippen LogP contribution in [0.15, 0.2) is 36.7 Å². The number of aliphatic hydroxyl groups excluding tert-OH is 1. The molecule has 3 heteroatoms. The first-order chi connectivity index (χ1) is 8.11. The van der Waals surface area contributed by atoms with Crippen molar-refractivity contribution in [2.24, 2.45) is 0 Å². The van der Waals surface area contributed by atoms with Crippen molar-refractivity contribution in [3.8, 4) is 0 Å². The van der Waals surface area contributed by atoms with E-state index in [1.165, 1.54) is 12.3 Å². The summed E-state index contributed by atoms with van der Waals surface area (Å²) in [7, 11) is 0. The molecule has 1 aromatic heterocycles. The van der Waals surface area contributed by atoms with Crippen LogP contribution in [0, 0.1) is 19.7 Å². The monoisotopic (exact) mass is 231 g/mol. The number of aromatic nitrogens is 1. The summed E-state index contributed by atoms with van der Waals surface area (Å²) in [5, 5.41) is 10.3. The molecule has 2 nitrogen and oxygen atoms in total. The van der Waals surface area contributed by atoms with Crippen LogP contribution in [-0.4, -0.2) is 10.1 Å². The first-order valence-corrected chi connectivity index (χ1v) is 5.45. The molecule has 2 aromatic rings. The SMILES string of the molecule is Cc1cccc(C)c1C(O)c1ccncc1F. The average Bonchev–Trinajstić information content (AvgIpc) is 2.29. The van der Waals surface area contributed by atoms with E-state index < -0.39 is 11.9 Å². The van der Waals surface area contributed by atoms with Gasteiger partial charge in [0.2, 0.25) is 0 Å². The van der Waals surface area contributed by atoms with E-state index in [0.717, 1.165) is 22.9 Å². The molecule has 0 radical (unpaired) electrons. The van der Waals surface area contributed by atoms with E-state index in [2.05, 4.69) is 4.98 Å². The lowest BCUT2D eigenvalue weighted by Crippen LogP contribution is -2.06. The zero-order valence-corrected chi connectivity index (χ0v) is 9.81. The summed E-state index contributed by atoms with van der Waals surface area (Å²) in [6, 6.07) is 7.24. The van der Waals surface area contributed by atoms with Crippen molar-refractivity contribution in [1.29, 1.82) is 0 Å². The Balaban J connectivity index is 2.51. The molecule has 0 bridgehead atoms. The van der Waals surface area contributed by atoms with Gasteiger partial charge in [-0.1, -0.05) is 18.2 Å². The molecule has 0 aliphatic heterocycles. The Morgan fingerprint density at radius 3 is 2.41 bits per heavy atom. The van der Waals surface area contributed by atoms with E-state index in [9.17, 15) is 9.50 Å². The second kappa shape index (κ2) is 4.63. The van der Waals surface area contributed by atoms with Crippen LogP contribution in [0.4, 0.5) is 4.39 Å². The van der Waals surface area contributed by atoms with Gasteiger partial charge in [-0.3, -0.25) is 4.98 Å². The quantitative estimate of drug-likeness (QED) is 0.862. The summed E-state index contributed by atoms with van der Waals surface area (Å²) in [5.74, 6) is -0.484. The maximum absolute atomic E-state index is 13.6. The van der Waals surface area contributed by atoms with Crippen molar-refractivity contribution < 1.29 is 9.50 Å². The van der Waals surface area contributed by atoms with Crippen molar-refractivity contribution in [3.05, 3.63) is 64.7 Å². The zero-order valence-electron chi connectivity index (χ0n) is 9.81. The molecule has 0 amide bonds. The predicted molar refractivity (Wildman–Crippen MR) is 64.2 cm³/mol. The van der Waals surface area contributed by atoms with Gasteiger partial charge in [0.15, 0.2) is 0 Å².